The summed E-state index contributed by atoms with van der Waals surface area (Å²) in [5.74, 6) is -0.431. The van der Waals surface area contributed by atoms with Gasteiger partial charge in [0.2, 0.25) is 0 Å². The van der Waals surface area contributed by atoms with Gasteiger partial charge in [-0.2, -0.15) is 0 Å². The van der Waals surface area contributed by atoms with Crippen LogP contribution < -0.4 is 0 Å². The van der Waals surface area contributed by atoms with Gasteiger partial charge in [-0.1, -0.05) is 17.7 Å². The Bertz CT molecular complexity index is 587. The van der Waals surface area contributed by atoms with Gasteiger partial charge in [-0.3, -0.25) is 0 Å². The highest BCUT2D eigenvalue weighted by atomic mass is 35.5. The van der Waals surface area contributed by atoms with E-state index in [9.17, 15) is 9.50 Å². The molecule has 0 spiro atoms. The Morgan fingerprint density at radius 2 is 2.16 bits per heavy atom. The zero-order valence-electron chi connectivity index (χ0n) is 10.3. The SMILES string of the molecule is OC(Cc1ccc(Cl)c(F)c1)c1cc2c(s1)CCC2. The Labute approximate surface area is 120 Å². The number of thiophene rings is 1. The predicted molar refractivity (Wildman–Crippen MR) is 76.4 cm³/mol. The van der Waals surface area contributed by atoms with E-state index in [0.29, 0.717) is 6.42 Å². The van der Waals surface area contributed by atoms with Gasteiger partial charge in [-0.15, -0.1) is 11.3 Å². The minimum atomic E-state index is -0.559. The zero-order valence-corrected chi connectivity index (χ0v) is 11.9. The molecule has 1 heterocycles. The first-order valence-electron chi connectivity index (χ1n) is 6.37. The van der Waals surface area contributed by atoms with E-state index in [1.807, 2.05) is 0 Å². The molecule has 0 fully saturated rings. The van der Waals surface area contributed by atoms with Gasteiger partial charge in [0.1, 0.15) is 5.82 Å². The number of fused-ring (bicyclic) bond motifs is 1. The van der Waals surface area contributed by atoms with Crippen LogP contribution in [-0.2, 0) is 19.3 Å². The lowest BCUT2D eigenvalue weighted by Crippen LogP contribution is -2.00. The average molecular weight is 297 g/mol. The molecule has 1 nitrogen and oxygen atoms in total. The second-order valence-corrected chi connectivity index (χ2v) is 6.49. The van der Waals surface area contributed by atoms with Gasteiger partial charge in [0.25, 0.3) is 0 Å². The van der Waals surface area contributed by atoms with E-state index in [4.69, 9.17) is 11.6 Å². The Morgan fingerprint density at radius 3 is 2.89 bits per heavy atom. The first kappa shape index (κ1) is 13.1. The number of benzene rings is 1. The number of aliphatic hydroxyl groups excluding tert-OH is 1. The summed E-state index contributed by atoms with van der Waals surface area (Å²) in [5.41, 5.74) is 2.14. The zero-order chi connectivity index (χ0) is 13.4. The van der Waals surface area contributed by atoms with Crippen LogP contribution in [0.4, 0.5) is 4.39 Å². The van der Waals surface area contributed by atoms with Crippen molar-refractivity contribution in [1.29, 1.82) is 0 Å². The van der Waals surface area contributed by atoms with Crippen molar-refractivity contribution >= 4 is 22.9 Å². The number of hydrogen-bond donors (Lipinski definition) is 1. The van der Waals surface area contributed by atoms with Crippen molar-refractivity contribution in [3.05, 3.63) is 56.0 Å². The fourth-order valence-corrected chi connectivity index (χ4v) is 3.87. The lowest BCUT2D eigenvalue weighted by atomic mass is 10.1. The summed E-state index contributed by atoms with van der Waals surface area (Å²) in [6, 6.07) is 6.79. The van der Waals surface area contributed by atoms with E-state index in [1.165, 1.54) is 29.0 Å². The smallest absolute Gasteiger partial charge is 0.142 e. The normalized spacial score (nSPS) is 15.5. The van der Waals surface area contributed by atoms with Gasteiger partial charge in [0, 0.05) is 16.2 Å². The highest BCUT2D eigenvalue weighted by molar-refractivity contribution is 7.12. The van der Waals surface area contributed by atoms with Crippen LogP contribution in [0.5, 0.6) is 0 Å². The summed E-state index contributed by atoms with van der Waals surface area (Å²) < 4.78 is 13.4. The monoisotopic (exact) mass is 296 g/mol. The molecule has 4 heteroatoms. The third-order valence-corrected chi connectivity index (χ3v) is 5.15. The highest BCUT2D eigenvalue weighted by Crippen LogP contribution is 2.35. The van der Waals surface area contributed by atoms with Crippen molar-refractivity contribution in [2.24, 2.45) is 0 Å². The number of aliphatic hydroxyl groups is 1. The summed E-state index contributed by atoms with van der Waals surface area (Å²) in [6.45, 7) is 0. The van der Waals surface area contributed by atoms with Crippen LogP contribution >= 0.6 is 22.9 Å². The molecule has 1 aromatic heterocycles. The van der Waals surface area contributed by atoms with Gasteiger partial charge < -0.3 is 5.11 Å². The Morgan fingerprint density at radius 1 is 1.32 bits per heavy atom. The molecular weight excluding hydrogens is 283 g/mol. The van der Waals surface area contributed by atoms with E-state index in [-0.39, 0.29) is 5.02 Å². The Kier molecular flexibility index (Phi) is 3.61. The van der Waals surface area contributed by atoms with Crippen LogP contribution in [0.2, 0.25) is 5.02 Å². The number of hydrogen-bond acceptors (Lipinski definition) is 2. The van der Waals surface area contributed by atoms with E-state index in [2.05, 4.69) is 6.07 Å². The molecule has 1 aromatic carbocycles. The maximum atomic E-state index is 13.4. The molecule has 19 heavy (non-hydrogen) atoms. The molecule has 0 radical (unpaired) electrons. The van der Waals surface area contributed by atoms with Crippen LogP contribution in [-0.4, -0.2) is 5.11 Å². The van der Waals surface area contributed by atoms with E-state index in [0.717, 1.165) is 23.3 Å². The third-order valence-electron chi connectivity index (χ3n) is 3.51. The molecule has 2 aromatic rings. The summed E-state index contributed by atoms with van der Waals surface area (Å²) in [6.07, 6.45) is 3.33. The van der Waals surface area contributed by atoms with Gasteiger partial charge in [0.05, 0.1) is 11.1 Å². The number of aryl methyl sites for hydroxylation is 2. The van der Waals surface area contributed by atoms with Crippen LogP contribution in [0.3, 0.4) is 0 Å². The maximum Gasteiger partial charge on any atom is 0.142 e. The third kappa shape index (κ3) is 2.69. The quantitative estimate of drug-likeness (QED) is 0.895. The van der Waals surface area contributed by atoms with E-state index < -0.39 is 11.9 Å². The van der Waals surface area contributed by atoms with Gasteiger partial charge in [-0.25, -0.2) is 4.39 Å². The van der Waals surface area contributed by atoms with Crippen molar-refractivity contribution in [1.82, 2.24) is 0 Å². The first-order valence-corrected chi connectivity index (χ1v) is 7.56. The summed E-state index contributed by atoms with van der Waals surface area (Å²) in [5, 5.41) is 10.4. The largest absolute Gasteiger partial charge is 0.387 e. The molecule has 1 aliphatic carbocycles. The molecule has 1 unspecified atom stereocenters. The molecular formula is C15H14ClFOS. The van der Waals surface area contributed by atoms with Crippen molar-refractivity contribution in [3.63, 3.8) is 0 Å². The average Bonchev–Trinajstić information content (AvgIpc) is 2.94. The lowest BCUT2D eigenvalue weighted by molar-refractivity contribution is 0.182. The van der Waals surface area contributed by atoms with Crippen molar-refractivity contribution in [3.8, 4) is 0 Å². The molecule has 1 N–H and O–H groups in total. The molecule has 1 aliphatic rings. The molecule has 0 amide bonds. The second-order valence-electron chi connectivity index (χ2n) is 4.92. The standard InChI is InChI=1S/C15H14ClFOS/c16-11-5-4-9(6-12(11)17)7-13(18)15-8-10-2-1-3-14(10)19-15/h4-6,8,13,18H,1-3,7H2. The minimum Gasteiger partial charge on any atom is -0.387 e. The number of rotatable bonds is 3. The summed E-state index contributed by atoms with van der Waals surface area (Å²) in [7, 11) is 0. The molecule has 0 aliphatic heterocycles. The highest BCUT2D eigenvalue weighted by Gasteiger charge is 2.19. The van der Waals surface area contributed by atoms with Crippen LogP contribution in [0, 0.1) is 5.82 Å². The van der Waals surface area contributed by atoms with E-state index in [1.54, 1.807) is 17.4 Å². The molecule has 3 rings (SSSR count). The van der Waals surface area contributed by atoms with Crippen molar-refractivity contribution in [2.45, 2.75) is 31.8 Å². The van der Waals surface area contributed by atoms with Crippen LogP contribution in [0.25, 0.3) is 0 Å². The van der Waals surface area contributed by atoms with Gasteiger partial charge in [-0.05, 0) is 48.6 Å². The lowest BCUT2D eigenvalue weighted by Gasteiger charge is -2.09. The summed E-state index contributed by atoms with van der Waals surface area (Å²) >= 11 is 7.34. The van der Waals surface area contributed by atoms with Crippen molar-refractivity contribution < 1.29 is 9.50 Å². The molecule has 0 saturated carbocycles. The maximum absolute atomic E-state index is 13.4. The van der Waals surface area contributed by atoms with Crippen LogP contribution in [0.15, 0.2) is 24.3 Å². The number of halogens is 2. The van der Waals surface area contributed by atoms with Gasteiger partial charge >= 0.3 is 0 Å². The molecule has 0 saturated heterocycles. The fraction of sp³-hybridized carbons (Fsp3) is 0.333. The van der Waals surface area contributed by atoms with Crippen molar-refractivity contribution in [2.75, 3.05) is 0 Å². The first-order chi connectivity index (χ1) is 9.13. The van der Waals surface area contributed by atoms with E-state index >= 15 is 0 Å². The molecule has 100 valence electrons. The fourth-order valence-electron chi connectivity index (χ4n) is 2.51. The van der Waals surface area contributed by atoms with Gasteiger partial charge in [0.15, 0.2) is 0 Å². The Balaban J connectivity index is 1.76. The Hall–Kier alpha value is -0.900. The summed E-state index contributed by atoms with van der Waals surface area (Å²) in [4.78, 5) is 2.39. The topological polar surface area (TPSA) is 20.2 Å². The predicted octanol–water partition coefficient (Wildman–Crippen LogP) is 4.31. The minimum absolute atomic E-state index is 0.119. The molecule has 0 bridgehead atoms. The van der Waals surface area contributed by atoms with Crippen LogP contribution in [0.1, 0.15) is 33.4 Å². The second kappa shape index (κ2) is 5.23. The molecule has 1 atom stereocenters.